The Morgan fingerprint density at radius 3 is 2.82 bits per heavy atom. The number of hydrogen-bond acceptors (Lipinski definition) is 4. The molecule has 0 aliphatic heterocycles. The van der Waals surface area contributed by atoms with Gasteiger partial charge in [0.25, 0.3) is 0 Å². The van der Waals surface area contributed by atoms with Crippen molar-refractivity contribution in [3.8, 4) is 0 Å². The summed E-state index contributed by atoms with van der Waals surface area (Å²) in [5.74, 6) is 0.645. The number of rotatable bonds is 5. The molecule has 3 nitrogen and oxygen atoms in total. The molecule has 11 heavy (non-hydrogen) atoms. The normalized spacial score (nSPS) is 12.6. The highest BCUT2D eigenvalue weighted by Gasteiger charge is 2.02. The lowest BCUT2D eigenvalue weighted by atomic mass is 10.5. The van der Waals surface area contributed by atoms with E-state index in [-0.39, 0.29) is 5.97 Å². The summed E-state index contributed by atoms with van der Waals surface area (Å²) < 4.78 is 4.48. The van der Waals surface area contributed by atoms with Gasteiger partial charge in [-0.15, -0.1) is 0 Å². The summed E-state index contributed by atoms with van der Waals surface area (Å²) in [6.07, 6.45) is 0.478. The molecule has 0 rings (SSSR count). The van der Waals surface area contributed by atoms with Crippen LogP contribution in [-0.2, 0) is 9.53 Å². The number of carbonyl (C=O) groups is 1. The molecule has 0 aliphatic carbocycles. The maximum atomic E-state index is 10.6. The summed E-state index contributed by atoms with van der Waals surface area (Å²) in [6, 6.07) is 0. The zero-order chi connectivity index (χ0) is 8.69. The van der Waals surface area contributed by atoms with E-state index in [1.807, 2.05) is 6.92 Å². The monoisotopic (exact) mass is 177 g/mol. The standard InChI is InChI=1S/C7H15NO2S/c1-6(5-8)11-4-3-7(9)10-2/h6H,3-5,8H2,1-2H3. The van der Waals surface area contributed by atoms with E-state index in [1.54, 1.807) is 11.8 Å². The molecule has 1 unspecified atom stereocenters. The highest BCUT2D eigenvalue weighted by Crippen LogP contribution is 2.09. The summed E-state index contributed by atoms with van der Waals surface area (Å²) in [7, 11) is 1.40. The molecule has 4 heteroatoms. The van der Waals surface area contributed by atoms with Crippen molar-refractivity contribution in [3.63, 3.8) is 0 Å². The second kappa shape index (κ2) is 6.49. The fourth-order valence-corrected chi connectivity index (χ4v) is 1.34. The van der Waals surface area contributed by atoms with Crippen molar-refractivity contribution in [2.45, 2.75) is 18.6 Å². The average Bonchev–Trinajstić information content (AvgIpc) is 2.04. The molecule has 0 aromatic rings. The lowest BCUT2D eigenvalue weighted by Gasteiger charge is -2.06. The Balaban J connectivity index is 3.20. The molecule has 0 fully saturated rings. The van der Waals surface area contributed by atoms with Crippen LogP contribution in [0.3, 0.4) is 0 Å². The largest absolute Gasteiger partial charge is 0.469 e. The molecular weight excluding hydrogens is 162 g/mol. The molecule has 0 heterocycles. The topological polar surface area (TPSA) is 52.3 Å². The summed E-state index contributed by atoms with van der Waals surface area (Å²) in [4.78, 5) is 10.6. The van der Waals surface area contributed by atoms with Gasteiger partial charge in [0, 0.05) is 17.5 Å². The Morgan fingerprint density at radius 2 is 2.36 bits per heavy atom. The number of ether oxygens (including phenoxy) is 1. The number of hydrogen-bond donors (Lipinski definition) is 1. The minimum Gasteiger partial charge on any atom is -0.469 e. The second-order valence-electron chi connectivity index (χ2n) is 2.24. The summed E-state index contributed by atoms with van der Waals surface area (Å²) in [5, 5.41) is 0.430. The van der Waals surface area contributed by atoms with Crippen molar-refractivity contribution < 1.29 is 9.53 Å². The van der Waals surface area contributed by atoms with E-state index < -0.39 is 0 Å². The molecule has 0 aliphatic rings. The van der Waals surface area contributed by atoms with Crippen LogP contribution in [0.15, 0.2) is 0 Å². The molecule has 2 N–H and O–H groups in total. The Bertz CT molecular complexity index is 119. The number of thioether (sulfide) groups is 1. The molecular formula is C7H15NO2S. The molecule has 66 valence electrons. The SMILES string of the molecule is COC(=O)CCSC(C)CN. The average molecular weight is 177 g/mol. The highest BCUT2D eigenvalue weighted by molar-refractivity contribution is 7.99. The van der Waals surface area contributed by atoms with Crippen molar-refractivity contribution in [2.75, 3.05) is 19.4 Å². The van der Waals surface area contributed by atoms with E-state index in [0.29, 0.717) is 18.2 Å². The van der Waals surface area contributed by atoms with Crippen LogP contribution in [0.5, 0.6) is 0 Å². The number of esters is 1. The van der Waals surface area contributed by atoms with Gasteiger partial charge in [-0.05, 0) is 0 Å². The first-order valence-corrected chi connectivity index (χ1v) is 4.64. The van der Waals surface area contributed by atoms with Crippen LogP contribution >= 0.6 is 11.8 Å². The minimum atomic E-state index is -0.151. The van der Waals surface area contributed by atoms with E-state index >= 15 is 0 Å². The van der Waals surface area contributed by atoms with E-state index in [9.17, 15) is 4.79 Å². The van der Waals surface area contributed by atoms with Crippen LogP contribution in [0.2, 0.25) is 0 Å². The van der Waals surface area contributed by atoms with Gasteiger partial charge in [-0.3, -0.25) is 4.79 Å². The Morgan fingerprint density at radius 1 is 1.73 bits per heavy atom. The van der Waals surface area contributed by atoms with Crippen molar-refractivity contribution >= 4 is 17.7 Å². The highest BCUT2D eigenvalue weighted by atomic mass is 32.2. The summed E-state index contributed by atoms with van der Waals surface area (Å²) in [5.41, 5.74) is 5.38. The van der Waals surface area contributed by atoms with Crippen LogP contribution in [0.4, 0.5) is 0 Å². The molecule has 0 saturated carbocycles. The maximum absolute atomic E-state index is 10.6. The van der Waals surface area contributed by atoms with Gasteiger partial charge in [0.1, 0.15) is 0 Å². The minimum absolute atomic E-state index is 0.151. The van der Waals surface area contributed by atoms with Gasteiger partial charge in [0.05, 0.1) is 13.5 Å². The Kier molecular flexibility index (Phi) is 6.36. The zero-order valence-corrected chi connectivity index (χ0v) is 7.82. The van der Waals surface area contributed by atoms with Gasteiger partial charge in [0.15, 0.2) is 0 Å². The molecule has 0 spiro atoms. The van der Waals surface area contributed by atoms with Gasteiger partial charge in [-0.1, -0.05) is 6.92 Å². The van der Waals surface area contributed by atoms with Gasteiger partial charge in [0.2, 0.25) is 0 Å². The summed E-state index contributed by atoms with van der Waals surface area (Å²) >= 11 is 1.69. The number of nitrogens with two attached hydrogens (primary N) is 1. The van der Waals surface area contributed by atoms with Crippen molar-refractivity contribution in [1.29, 1.82) is 0 Å². The van der Waals surface area contributed by atoms with Crippen LogP contribution in [0.1, 0.15) is 13.3 Å². The first-order valence-electron chi connectivity index (χ1n) is 3.59. The van der Waals surface area contributed by atoms with Crippen LogP contribution in [0, 0.1) is 0 Å². The second-order valence-corrected chi connectivity index (χ2v) is 3.79. The summed E-state index contributed by atoms with van der Waals surface area (Å²) in [6.45, 7) is 2.70. The van der Waals surface area contributed by atoms with E-state index in [2.05, 4.69) is 4.74 Å². The van der Waals surface area contributed by atoms with Crippen molar-refractivity contribution in [3.05, 3.63) is 0 Å². The molecule has 0 bridgehead atoms. The number of methoxy groups -OCH3 is 1. The molecule has 0 amide bonds. The Hall–Kier alpha value is -0.220. The molecule has 0 radical (unpaired) electrons. The third-order valence-electron chi connectivity index (χ3n) is 1.27. The third kappa shape index (κ3) is 6.19. The lowest BCUT2D eigenvalue weighted by Crippen LogP contribution is -2.13. The lowest BCUT2D eigenvalue weighted by molar-refractivity contribution is -0.140. The van der Waals surface area contributed by atoms with Crippen LogP contribution in [-0.4, -0.2) is 30.6 Å². The van der Waals surface area contributed by atoms with Gasteiger partial charge < -0.3 is 10.5 Å². The zero-order valence-electron chi connectivity index (χ0n) is 7.00. The van der Waals surface area contributed by atoms with Gasteiger partial charge >= 0.3 is 5.97 Å². The van der Waals surface area contributed by atoms with Gasteiger partial charge in [-0.25, -0.2) is 0 Å². The molecule has 1 atom stereocenters. The van der Waals surface area contributed by atoms with E-state index in [1.165, 1.54) is 7.11 Å². The first-order chi connectivity index (χ1) is 5.20. The predicted molar refractivity (Wildman–Crippen MR) is 47.6 cm³/mol. The van der Waals surface area contributed by atoms with E-state index in [0.717, 1.165) is 5.75 Å². The quantitative estimate of drug-likeness (QED) is 0.626. The first kappa shape index (κ1) is 10.8. The fourth-order valence-electron chi connectivity index (χ4n) is 0.514. The third-order valence-corrected chi connectivity index (χ3v) is 2.47. The fraction of sp³-hybridized carbons (Fsp3) is 0.857. The molecule has 0 aromatic heterocycles. The molecule has 0 saturated heterocycles. The maximum Gasteiger partial charge on any atom is 0.306 e. The van der Waals surface area contributed by atoms with Crippen LogP contribution < -0.4 is 5.73 Å². The predicted octanol–water partition coefficient (Wildman–Crippen LogP) is 0.630. The van der Waals surface area contributed by atoms with Gasteiger partial charge in [-0.2, -0.15) is 11.8 Å². The molecule has 0 aromatic carbocycles. The smallest absolute Gasteiger partial charge is 0.306 e. The Labute approximate surface area is 71.7 Å². The van der Waals surface area contributed by atoms with E-state index in [4.69, 9.17) is 5.73 Å². The van der Waals surface area contributed by atoms with Crippen LogP contribution in [0.25, 0.3) is 0 Å². The van der Waals surface area contributed by atoms with Crippen molar-refractivity contribution in [2.24, 2.45) is 5.73 Å². The number of carbonyl (C=O) groups excluding carboxylic acids is 1. The van der Waals surface area contributed by atoms with Crippen molar-refractivity contribution in [1.82, 2.24) is 0 Å².